The van der Waals surface area contributed by atoms with Crippen LogP contribution in [0, 0.1) is 0 Å². The molecule has 0 unspecified atom stereocenters. The van der Waals surface area contributed by atoms with Crippen LogP contribution in [0.5, 0.6) is 0 Å². The summed E-state index contributed by atoms with van der Waals surface area (Å²) in [7, 11) is 1.78. The van der Waals surface area contributed by atoms with Crippen molar-refractivity contribution >= 4 is 17.7 Å². The van der Waals surface area contributed by atoms with E-state index in [1.54, 1.807) is 11.9 Å². The molecule has 1 aliphatic rings. The summed E-state index contributed by atoms with van der Waals surface area (Å²) in [4.78, 5) is 13.5. The van der Waals surface area contributed by atoms with Crippen molar-refractivity contribution in [3.05, 3.63) is 34.9 Å². The Bertz CT molecular complexity index is 551. The van der Waals surface area contributed by atoms with Crippen LogP contribution in [-0.2, 0) is 4.74 Å². The molecule has 1 saturated carbocycles. The van der Waals surface area contributed by atoms with Crippen LogP contribution < -0.4 is 5.32 Å². The van der Waals surface area contributed by atoms with Gasteiger partial charge in [0.15, 0.2) is 0 Å². The molecule has 2 rings (SSSR count). The smallest absolute Gasteiger partial charge is 0.410 e. The van der Waals surface area contributed by atoms with E-state index >= 15 is 0 Å². The second-order valence-electron chi connectivity index (χ2n) is 7.63. The molecule has 24 heavy (non-hydrogen) atoms. The van der Waals surface area contributed by atoms with Crippen molar-refractivity contribution in [2.45, 2.75) is 57.6 Å². The molecule has 134 valence electrons. The van der Waals surface area contributed by atoms with Gasteiger partial charge in [-0.15, -0.1) is 0 Å². The first kappa shape index (κ1) is 19.1. The van der Waals surface area contributed by atoms with E-state index in [-0.39, 0.29) is 6.09 Å². The highest BCUT2D eigenvalue weighted by molar-refractivity contribution is 6.30. The molecule has 0 spiro atoms. The van der Waals surface area contributed by atoms with Crippen molar-refractivity contribution in [2.75, 3.05) is 20.1 Å². The lowest BCUT2D eigenvalue weighted by atomic mass is 9.76. The van der Waals surface area contributed by atoms with Gasteiger partial charge in [-0.1, -0.05) is 23.7 Å². The van der Waals surface area contributed by atoms with Crippen molar-refractivity contribution in [3.63, 3.8) is 0 Å². The lowest BCUT2D eigenvalue weighted by Gasteiger charge is -2.36. The van der Waals surface area contributed by atoms with E-state index in [0.29, 0.717) is 18.5 Å². The van der Waals surface area contributed by atoms with Crippen LogP contribution in [0.25, 0.3) is 0 Å². The van der Waals surface area contributed by atoms with Crippen molar-refractivity contribution < 1.29 is 9.53 Å². The van der Waals surface area contributed by atoms with Gasteiger partial charge >= 0.3 is 6.09 Å². The number of hydrogen-bond donors (Lipinski definition) is 1. The molecule has 1 amide bonds. The number of nitrogens with one attached hydrogen (secondary N) is 1. The summed E-state index contributed by atoms with van der Waals surface area (Å²) in [5.41, 5.74) is 0.899. The fraction of sp³-hybridized carbons (Fsp3) is 0.632. The number of ether oxygens (including phenoxy) is 1. The molecule has 1 aromatic carbocycles. The number of carbonyl (C=O) groups excluding carboxylic acids is 1. The average molecular weight is 353 g/mol. The number of hydrogen-bond acceptors (Lipinski definition) is 3. The van der Waals surface area contributed by atoms with Gasteiger partial charge in [0.25, 0.3) is 0 Å². The highest BCUT2D eigenvalue weighted by Gasteiger charge is 2.29. The molecule has 0 saturated heterocycles. The quantitative estimate of drug-likeness (QED) is 0.770. The van der Waals surface area contributed by atoms with E-state index in [9.17, 15) is 4.79 Å². The molecule has 0 heterocycles. The number of halogens is 1. The largest absolute Gasteiger partial charge is 0.444 e. The third-order valence-electron chi connectivity index (χ3n) is 4.27. The third-order valence-corrected chi connectivity index (χ3v) is 4.50. The molecule has 0 aromatic heterocycles. The molecule has 1 fully saturated rings. The first-order valence-electron chi connectivity index (χ1n) is 8.67. The van der Waals surface area contributed by atoms with Crippen LogP contribution in [0.3, 0.4) is 0 Å². The second-order valence-corrected chi connectivity index (χ2v) is 8.07. The minimum absolute atomic E-state index is 0.257. The molecule has 0 bridgehead atoms. The average Bonchev–Trinajstić information content (AvgIpc) is 2.42. The standard InChI is InChI=1S/C19H29ClN2O2/c1-19(2,3)24-18(23)22(4)10-6-9-21-17-12-15(13-17)14-7-5-8-16(20)11-14/h5,7-8,11,15,17,21H,6,9-10,12-13H2,1-4H3. The molecular weight excluding hydrogens is 324 g/mol. The molecule has 0 aliphatic heterocycles. The zero-order valence-electron chi connectivity index (χ0n) is 15.1. The van der Waals surface area contributed by atoms with Crippen molar-refractivity contribution in [2.24, 2.45) is 0 Å². The van der Waals surface area contributed by atoms with E-state index in [1.165, 1.54) is 5.56 Å². The minimum Gasteiger partial charge on any atom is -0.444 e. The summed E-state index contributed by atoms with van der Waals surface area (Å²) in [6, 6.07) is 8.73. The van der Waals surface area contributed by atoms with Crippen molar-refractivity contribution in [3.8, 4) is 0 Å². The van der Waals surface area contributed by atoms with Crippen LogP contribution in [0.1, 0.15) is 51.5 Å². The van der Waals surface area contributed by atoms with E-state index in [0.717, 1.165) is 30.8 Å². The summed E-state index contributed by atoms with van der Waals surface area (Å²) >= 11 is 6.05. The lowest BCUT2D eigenvalue weighted by molar-refractivity contribution is 0.0297. The molecule has 0 radical (unpaired) electrons. The van der Waals surface area contributed by atoms with Crippen LogP contribution in [0.4, 0.5) is 4.79 Å². The van der Waals surface area contributed by atoms with Crippen LogP contribution >= 0.6 is 11.6 Å². The van der Waals surface area contributed by atoms with Gasteiger partial charge in [0.1, 0.15) is 5.60 Å². The van der Waals surface area contributed by atoms with Gasteiger partial charge in [-0.2, -0.15) is 0 Å². The predicted octanol–water partition coefficient (Wildman–Crippen LogP) is 4.43. The Kier molecular flexibility index (Phi) is 6.53. The zero-order valence-corrected chi connectivity index (χ0v) is 15.9. The van der Waals surface area contributed by atoms with Gasteiger partial charge < -0.3 is 15.0 Å². The summed E-state index contributed by atoms with van der Waals surface area (Å²) in [5.74, 6) is 0.616. The normalized spacial score (nSPS) is 20.4. The lowest BCUT2D eigenvalue weighted by Crippen LogP contribution is -2.41. The molecule has 0 atom stereocenters. The van der Waals surface area contributed by atoms with Crippen LogP contribution in [0.2, 0.25) is 5.02 Å². The molecule has 1 N–H and O–H groups in total. The highest BCUT2D eigenvalue weighted by atomic mass is 35.5. The fourth-order valence-corrected chi connectivity index (χ4v) is 3.07. The molecule has 5 heteroatoms. The first-order valence-corrected chi connectivity index (χ1v) is 9.05. The number of amides is 1. The van der Waals surface area contributed by atoms with E-state index < -0.39 is 5.60 Å². The number of rotatable bonds is 6. The molecule has 4 nitrogen and oxygen atoms in total. The van der Waals surface area contributed by atoms with Gasteiger partial charge in [-0.3, -0.25) is 0 Å². The Hall–Kier alpha value is -1.26. The number of carbonyl (C=O) groups is 1. The maximum atomic E-state index is 11.9. The monoisotopic (exact) mass is 352 g/mol. The maximum Gasteiger partial charge on any atom is 0.410 e. The summed E-state index contributed by atoms with van der Waals surface area (Å²) in [5, 5.41) is 4.38. The van der Waals surface area contributed by atoms with Gasteiger partial charge in [-0.25, -0.2) is 4.79 Å². The Morgan fingerprint density at radius 1 is 1.38 bits per heavy atom. The Morgan fingerprint density at radius 2 is 2.08 bits per heavy atom. The van der Waals surface area contributed by atoms with Gasteiger partial charge in [0.05, 0.1) is 0 Å². The van der Waals surface area contributed by atoms with Gasteiger partial charge in [0.2, 0.25) is 0 Å². The SMILES string of the molecule is CN(CCCNC1CC(c2cccc(Cl)c2)C1)C(=O)OC(C)(C)C. The van der Waals surface area contributed by atoms with E-state index in [1.807, 2.05) is 32.9 Å². The summed E-state index contributed by atoms with van der Waals surface area (Å²) in [6.45, 7) is 7.26. The maximum absolute atomic E-state index is 11.9. The second kappa shape index (κ2) is 8.21. The Morgan fingerprint density at radius 3 is 2.71 bits per heavy atom. The summed E-state index contributed by atoms with van der Waals surface area (Å²) in [6.07, 6.45) is 2.98. The molecule has 1 aliphatic carbocycles. The molecular formula is C19H29ClN2O2. The zero-order chi connectivity index (χ0) is 17.7. The predicted molar refractivity (Wildman–Crippen MR) is 98.7 cm³/mol. The minimum atomic E-state index is -0.440. The van der Waals surface area contributed by atoms with Gasteiger partial charge in [-0.05, 0) is 70.2 Å². The van der Waals surface area contributed by atoms with Crippen LogP contribution in [-0.4, -0.2) is 42.8 Å². The summed E-state index contributed by atoms with van der Waals surface area (Å²) < 4.78 is 5.34. The number of benzene rings is 1. The molecule has 1 aromatic rings. The van der Waals surface area contributed by atoms with Crippen molar-refractivity contribution in [1.82, 2.24) is 10.2 Å². The van der Waals surface area contributed by atoms with Crippen molar-refractivity contribution in [1.29, 1.82) is 0 Å². The van der Waals surface area contributed by atoms with E-state index in [2.05, 4.69) is 17.4 Å². The fourth-order valence-electron chi connectivity index (χ4n) is 2.87. The Labute approximate surface area is 150 Å². The van der Waals surface area contributed by atoms with E-state index in [4.69, 9.17) is 16.3 Å². The third kappa shape index (κ3) is 5.99. The number of nitrogens with zero attached hydrogens (tertiary/aromatic N) is 1. The first-order chi connectivity index (χ1) is 11.2. The Balaban J connectivity index is 1.59. The van der Waals surface area contributed by atoms with Gasteiger partial charge in [0, 0.05) is 24.7 Å². The highest BCUT2D eigenvalue weighted by Crippen LogP contribution is 2.37. The topological polar surface area (TPSA) is 41.6 Å². The van der Waals surface area contributed by atoms with Crippen LogP contribution in [0.15, 0.2) is 24.3 Å².